The number of hydrogen-bond donors (Lipinski definition) is 4. The van der Waals surface area contributed by atoms with Crippen molar-refractivity contribution in [1.29, 1.82) is 0 Å². The minimum Gasteiger partial charge on any atom is -0.338 e. The highest BCUT2D eigenvalue weighted by atomic mass is 16.2. The summed E-state index contributed by atoms with van der Waals surface area (Å²) in [6.45, 7) is 4.93. The number of nitrogens with two attached hydrogens (primary N) is 2. The number of fused-ring (bicyclic) bond motifs is 1. The quantitative estimate of drug-likeness (QED) is 0.439. The summed E-state index contributed by atoms with van der Waals surface area (Å²) in [5, 5.41) is 6.57. The molecule has 3 amide bonds. The van der Waals surface area contributed by atoms with E-state index in [4.69, 9.17) is 11.5 Å². The zero-order chi connectivity index (χ0) is 28.4. The number of nitrogens with one attached hydrogen (secondary N) is 2. The van der Waals surface area contributed by atoms with Crippen LogP contribution >= 0.6 is 0 Å². The van der Waals surface area contributed by atoms with E-state index in [1.807, 2.05) is 6.07 Å². The van der Waals surface area contributed by atoms with E-state index in [1.54, 1.807) is 35.9 Å². The molecule has 5 rings (SSSR count). The van der Waals surface area contributed by atoms with E-state index in [0.717, 1.165) is 50.6 Å². The molecule has 2 heterocycles. The Balaban J connectivity index is 1.17. The van der Waals surface area contributed by atoms with Gasteiger partial charge in [-0.15, -0.1) is 0 Å². The minimum absolute atomic E-state index is 0.137. The monoisotopic (exact) mass is 550 g/mol. The van der Waals surface area contributed by atoms with Gasteiger partial charge in [-0.05, 0) is 88.1 Å². The molecule has 0 bridgehead atoms. The van der Waals surface area contributed by atoms with E-state index in [0.29, 0.717) is 44.3 Å². The van der Waals surface area contributed by atoms with Crippen LogP contribution in [0.5, 0.6) is 0 Å². The maximum absolute atomic E-state index is 12.9. The molecule has 2 aromatic rings. The van der Waals surface area contributed by atoms with Crippen LogP contribution in [0.4, 0.5) is 10.6 Å². The molecule has 1 atom stereocenters. The standard InChI is InChI=1S/C29H42N8O3/c1-29(2,31)26(38)35-13-15-36(16-14-35)27(39)33-25-11-12-37(28(40)34-25)24-10-4-19-17-23(7-3-20(19)18-24)32-22-8-5-21(30)6-9-22/h4,10-12,18,21-23,32H,3,5-9,13-17,30-31H2,1-2H3,(H,33,34,39,40)/t21-,22+,23?. The number of aromatic nitrogens is 2. The molecule has 1 saturated carbocycles. The number of nitrogens with zero attached hydrogens (tertiary/aromatic N) is 4. The average Bonchev–Trinajstić information content (AvgIpc) is 2.93. The molecule has 3 aliphatic rings. The Bertz CT molecular complexity index is 1290. The van der Waals surface area contributed by atoms with Gasteiger partial charge in [0, 0.05) is 50.5 Å². The van der Waals surface area contributed by atoms with E-state index < -0.39 is 11.2 Å². The third-order valence-corrected chi connectivity index (χ3v) is 8.38. The molecule has 1 aromatic carbocycles. The predicted molar refractivity (Wildman–Crippen MR) is 154 cm³/mol. The van der Waals surface area contributed by atoms with Crippen molar-refractivity contribution in [1.82, 2.24) is 24.7 Å². The van der Waals surface area contributed by atoms with Crippen molar-refractivity contribution in [3.8, 4) is 5.69 Å². The molecule has 216 valence electrons. The molecule has 2 aliphatic carbocycles. The highest BCUT2D eigenvalue weighted by Crippen LogP contribution is 2.26. The van der Waals surface area contributed by atoms with Gasteiger partial charge in [0.25, 0.3) is 0 Å². The molecule has 11 heteroatoms. The summed E-state index contributed by atoms with van der Waals surface area (Å²) >= 11 is 0. The van der Waals surface area contributed by atoms with Crippen molar-refractivity contribution in [3.63, 3.8) is 0 Å². The van der Waals surface area contributed by atoms with Crippen LogP contribution in [0.25, 0.3) is 5.69 Å². The molecule has 0 spiro atoms. The lowest BCUT2D eigenvalue weighted by Gasteiger charge is -2.37. The SMILES string of the molecule is CC(C)(N)C(=O)N1CCN(C(=O)Nc2ccn(-c3ccc4c(c3)CCC(N[C@H]3CC[C@@H](N)CC3)C4)c(=O)n2)CC1. The fourth-order valence-corrected chi connectivity index (χ4v) is 6.03. The van der Waals surface area contributed by atoms with Crippen molar-refractivity contribution in [3.05, 3.63) is 52.1 Å². The summed E-state index contributed by atoms with van der Waals surface area (Å²) in [6.07, 6.45) is 9.18. The minimum atomic E-state index is -0.944. The smallest absolute Gasteiger partial charge is 0.338 e. The third-order valence-electron chi connectivity index (χ3n) is 8.38. The Morgan fingerprint density at radius 2 is 1.65 bits per heavy atom. The zero-order valence-corrected chi connectivity index (χ0v) is 23.6. The van der Waals surface area contributed by atoms with Gasteiger partial charge in [0.05, 0.1) is 11.2 Å². The number of benzene rings is 1. The van der Waals surface area contributed by atoms with Gasteiger partial charge in [0.15, 0.2) is 0 Å². The van der Waals surface area contributed by atoms with E-state index in [9.17, 15) is 14.4 Å². The summed E-state index contributed by atoms with van der Waals surface area (Å²) in [5.74, 6) is 0.0601. The number of rotatable bonds is 5. The Morgan fingerprint density at radius 1 is 0.950 bits per heavy atom. The normalized spacial score (nSPS) is 23.4. The first-order valence-corrected chi connectivity index (χ1v) is 14.4. The van der Waals surface area contributed by atoms with Crippen molar-refractivity contribution < 1.29 is 9.59 Å². The van der Waals surface area contributed by atoms with Crippen LogP contribution < -0.4 is 27.8 Å². The lowest BCUT2D eigenvalue weighted by molar-refractivity contribution is -0.137. The second-order valence-corrected chi connectivity index (χ2v) is 12.1. The van der Waals surface area contributed by atoms with Crippen molar-refractivity contribution >= 4 is 17.8 Å². The van der Waals surface area contributed by atoms with Gasteiger partial charge < -0.3 is 26.6 Å². The highest BCUT2D eigenvalue weighted by molar-refractivity contribution is 5.89. The lowest BCUT2D eigenvalue weighted by atomic mass is 9.85. The maximum atomic E-state index is 12.9. The molecule has 1 aromatic heterocycles. The average molecular weight is 551 g/mol. The molecule has 0 radical (unpaired) electrons. The summed E-state index contributed by atoms with van der Waals surface area (Å²) in [4.78, 5) is 45.4. The Morgan fingerprint density at radius 3 is 2.33 bits per heavy atom. The second kappa shape index (κ2) is 11.7. The van der Waals surface area contributed by atoms with Gasteiger partial charge in [0.2, 0.25) is 5.91 Å². The van der Waals surface area contributed by atoms with Gasteiger partial charge in [-0.2, -0.15) is 4.98 Å². The molecule has 1 saturated heterocycles. The molecule has 11 nitrogen and oxygen atoms in total. The number of urea groups is 1. The van der Waals surface area contributed by atoms with Crippen molar-refractivity contribution in [2.45, 2.75) is 82.5 Å². The number of amides is 3. The number of carbonyl (C=O) groups excluding carboxylic acids is 2. The van der Waals surface area contributed by atoms with Gasteiger partial charge in [-0.3, -0.25) is 14.7 Å². The van der Waals surface area contributed by atoms with Crippen LogP contribution in [0, 0.1) is 0 Å². The maximum Gasteiger partial charge on any atom is 0.354 e. The first-order chi connectivity index (χ1) is 19.1. The first kappa shape index (κ1) is 28.3. The van der Waals surface area contributed by atoms with Gasteiger partial charge in [0.1, 0.15) is 5.82 Å². The van der Waals surface area contributed by atoms with Gasteiger partial charge >= 0.3 is 11.7 Å². The second-order valence-electron chi connectivity index (χ2n) is 12.1. The van der Waals surface area contributed by atoms with Crippen LogP contribution in [-0.4, -0.2) is 81.1 Å². The van der Waals surface area contributed by atoms with Crippen LogP contribution in [-0.2, 0) is 17.6 Å². The Labute approximate surface area is 235 Å². The summed E-state index contributed by atoms with van der Waals surface area (Å²) in [5.41, 5.74) is 13.9. The van der Waals surface area contributed by atoms with E-state index in [-0.39, 0.29) is 17.8 Å². The largest absolute Gasteiger partial charge is 0.354 e. The molecule has 1 aliphatic heterocycles. The number of anilines is 1. The summed E-state index contributed by atoms with van der Waals surface area (Å²) in [6, 6.07) is 8.83. The fraction of sp³-hybridized carbons (Fsp3) is 0.586. The number of hydrogen-bond acceptors (Lipinski definition) is 7. The molecule has 40 heavy (non-hydrogen) atoms. The number of carbonyl (C=O) groups is 2. The topological polar surface area (TPSA) is 152 Å². The molecule has 2 fully saturated rings. The molecular formula is C29H42N8O3. The van der Waals surface area contributed by atoms with E-state index in [1.165, 1.54) is 15.7 Å². The summed E-state index contributed by atoms with van der Waals surface area (Å²) in [7, 11) is 0. The highest BCUT2D eigenvalue weighted by Gasteiger charge is 2.31. The Kier molecular flexibility index (Phi) is 8.25. The Hall–Kier alpha value is -3.28. The molecular weight excluding hydrogens is 508 g/mol. The van der Waals surface area contributed by atoms with E-state index >= 15 is 0 Å². The predicted octanol–water partition coefficient (Wildman–Crippen LogP) is 1.36. The number of aryl methyl sites for hydroxylation is 1. The molecule has 6 N–H and O–H groups in total. The lowest BCUT2D eigenvalue weighted by Crippen LogP contribution is -2.58. The molecule has 1 unspecified atom stereocenters. The van der Waals surface area contributed by atoms with Crippen LogP contribution in [0.3, 0.4) is 0 Å². The van der Waals surface area contributed by atoms with Gasteiger partial charge in [-0.25, -0.2) is 9.59 Å². The van der Waals surface area contributed by atoms with Crippen molar-refractivity contribution in [2.75, 3.05) is 31.5 Å². The van der Waals surface area contributed by atoms with Crippen LogP contribution in [0.15, 0.2) is 35.3 Å². The summed E-state index contributed by atoms with van der Waals surface area (Å²) < 4.78 is 1.50. The van der Waals surface area contributed by atoms with Crippen molar-refractivity contribution in [2.24, 2.45) is 11.5 Å². The van der Waals surface area contributed by atoms with Crippen LogP contribution in [0.2, 0.25) is 0 Å². The third kappa shape index (κ3) is 6.54. The van der Waals surface area contributed by atoms with Gasteiger partial charge in [-0.1, -0.05) is 6.07 Å². The van der Waals surface area contributed by atoms with E-state index in [2.05, 4.69) is 27.8 Å². The fourth-order valence-electron chi connectivity index (χ4n) is 6.03. The van der Waals surface area contributed by atoms with Crippen LogP contribution in [0.1, 0.15) is 57.1 Å². The zero-order valence-electron chi connectivity index (χ0n) is 23.6. The first-order valence-electron chi connectivity index (χ1n) is 14.4. The number of piperazine rings is 1.